The molecule has 0 heteroatoms. The van der Waals surface area contributed by atoms with Crippen molar-refractivity contribution >= 4 is 21.5 Å². The maximum Gasteiger partial charge on any atom is -0.0175 e. The molecule has 0 radical (unpaired) electrons. The Balaban J connectivity index is 2.14. The molecular formula is C18H16. The van der Waals surface area contributed by atoms with Crippen LogP contribution in [0.5, 0.6) is 0 Å². The van der Waals surface area contributed by atoms with Gasteiger partial charge < -0.3 is 0 Å². The Morgan fingerprint density at radius 1 is 0.778 bits per heavy atom. The smallest absolute Gasteiger partial charge is 0.0175 e. The van der Waals surface area contributed by atoms with Gasteiger partial charge in [0.1, 0.15) is 0 Å². The van der Waals surface area contributed by atoms with Crippen molar-refractivity contribution in [2.24, 2.45) is 0 Å². The summed E-state index contributed by atoms with van der Waals surface area (Å²) < 4.78 is 0. The molecule has 0 N–H and O–H groups in total. The molecule has 0 saturated heterocycles. The molecule has 0 atom stereocenters. The first-order chi connectivity index (χ1) is 8.86. The lowest BCUT2D eigenvalue weighted by Crippen LogP contribution is -1.84. The third-order valence-corrected chi connectivity index (χ3v) is 3.41. The molecule has 18 heavy (non-hydrogen) atoms. The maximum absolute atomic E-state index is 3.78. The number of hydrogen-bond donors (Lipinski definition) is 0. The summed E-state index contributed by atoms with van der Waals surface area (Å²) in [4.78, 5) is 0. The van der Waals surface area contributed by atoms with Crippen LogP contribution in [0, 0.1) is 0 Å². The number of aryl methyl sites for hydroxylation is 1. The molecule has 0 bridgehead atoms. The van der Waals surface area contributed by atoms with E-state index in [0.717, 1.165) is 12.8 Å². The fourth-order valence-electron chi connectivity index (χ4n) is 2.41. The van der Waals surface area contributed by atoms with Crippen molar-refractivity contribution in [1.82, 2.24) is 0 Å². The molecule has 3 aromatic rings. The molecule has 0 amide bonds. The molecule has 3 rings (SSSR count). The maximum atomic E-state index is 3.78. The summed E-state index contributed by atoms with van der Waals surface area (Å²) in [5.74, 6) is 0. The molecule has 3 aromatic carbocycles. The summed E-state index contributed by atoms with van der Waals surface area (Å²) >= 11 is 0. The lowest BCUT2D eigenvalue weighted by atomic mass is 10.00. The SMILES string of the molecule is C=CCCc1ccc2cc3ccccc3cc2c1. The zero-order valence-electron chi connectivity index (χ0n) is 10.4. The quantitative estimate of drug-likeness (QED) is 0.434. The highest BCUT2D eigenvalue weighted by atomic mass is 14.0. The predicted molar refractivity (Wildman–Crippen MR) is 80.0 cm³/mol. The van der Waals surface area contributed by atoms with Crippen LogP contribution in [0.1, 0.15) is 12.0 Å². The van der Waals surface area contributed by atoms with Gasteiger partial charge in [-0.3, -0.25) is 0 Å². The largest absolute Gasteiger partial charge is 0.103 e. The van der Waals surface area contributed by atoms with Gasteiger partial charge in [-0.05, 0) is 52.1 Å². The van der Waals surface area contributed by atoms with Gasteiger partial charge in [0.05, 0.1) is 0 Å². The van der Waals surface area contributed by atoms with E-state index in [1.54, 1.807) is 0 Å². The van der Waals surface area contributed by atoms with Crippen molar-refractivity contribution in [3.05, 3.63) is 72.8 Å². The second kappa shape index (κ2) is 4.66. The van der Waals surface area contributed by atoms with Gasteiger partial charge in [0.15, 0.2) is 0 Å². The van der Waals surface area contributed by atoms with Crippen molar-refractivity contribution in [2.75, 3.05) is 0 Å². The highest BCUT2D eigenvalue weighted by molar-refractivity contribution is 5.98. The van der Waals surface area contributed by atoms with E-state index in [-0.39, 0.29) is 0 Å². The second-order valence-corrected chi connectivity index (χ2v) is 4.71. The average Bonchev–Trinajstić information content (AvgIpc) is 2.42. The van der Waals surface area contributed by atoms with Crippen LogP contribution in [-0.2, 0) is 6.42 Å². The van der Waals surface area contributed by atoms with Gasteiger partial charge in [0.2, 0.25) is 0 Å². The molecule has 0 heterocycles. The van der Waals surface area contributed by atoms with Crippen LogP contribution in [0.2, 0.25) is 0 Å². The van der Waals surface area contributed by atoms with Gasteiger partial charge in [-0.25, -0.2) is 0 Å². The zero-order valence-corrected chi connectivity index (χ0v) is 10.4. The number of fused-ring (bicyclic) bond motifs is 2. The fraction of sp³-hybridized carbons (Fsp3) is 0.111. The van der Waals surface area contributed by atoms with Gasteiger partial charge in [-0.15, -0.1) is 6.58 Å². The van der Waals surface area contributed by atoms with E-state index in [9.17, 15) is 0 Å². The summed E-state index contributed by atoms with van der Waals surface area (Å²) in [5, 5.41) is 5.26. The molecule has 0 unspecified atom stereocenters. The van der Waals surface area contributed by atoms with Gasteiger partial charge in [-0.2, -0.15) is 0 Å². The van der Waals surface area contributed by atoms with E-state index in [1.807, 2.05) is 6.08 Å². The number of allylic oxidation sites excluding steroid dienone is 1. The first-order valence-corrected chi connectivity index (χ1v) is 6.39. The Hall–Kier alpha value is -2.08. The zero-order chi connectivity index (χ0) is 12.4. The van der Waals surface area contributed by atoms with Crippen LogP contribution in [0.3, 0.4) is 0 Å². The third kappa shape index (κ3) is 2.02. The number of benzene rings is 3. The molecule has 0 saturated carbocycles. The Labute approximate surface area is 108 Å². The summed E-state index contributed by atoms with van der Waals surface area (Å²) in [6.07, 6.45) is 4.09. The first kappa shape index (κ1) is 11.0. The van der Waals surface area contributed by atoms with E-state index < -0.39 is 0 Å². The van der Waals surface area contributed by atoms with E-state index in [0.29, 0.717) is 0 Å². The van der Waals surface area contributed by atoms with Gasteiger partial charge >= 0.3 is 0 Å². The summed E-state index contributed by atoms with van der Waals surface area (Å²) in [6, 6.07) is 19.8. The van der Waals surface area contributed by atoms with E-state index >= 15 is 0 Å². The van der Waals surface area contributed by atoms with Crippen LogP contribution >= 0.6 is 0 Å². The van der Waals surface area contributed by atoms with Crippen LogP contribution in [-0.4, -0.2) is 0 Å². The van der Waals surface area contributed by atoms with E-state index in [4.69, 9.17) is 0 Å². The van der Waals surface area contributed by atoms with Crippen LogP contribution in [0.15, 0.2) is 67.3 Å². The highest BCUT2D eigenvalue weighted by Crippen LogP contribution is 2.24. The fourth-order valence-corrected chi connectivity index (χ4v) is 2.41. The Morgan fingerprint density at radius 3 is 2.17 bits per heavy atom. The normalized spacial score (nSPS) is 10.9. The second-order valence-electron chi connectivity index (χ2n) is 4.71. The highest BCUT2D eigenvalue weighted by Gasteiger charge is 1.99. The number of hydrogen-bond acceptors (Lipinski definition) is 0. The van der Waals surface area contributed by atoms with Crippen molar-refractivity contribution in [2.45, 2.75) is 12.8 Å². The predicted octanol–water partition coefficient (Wildman–Crippen LogP) is 5.11. The molecule has 0 aromatic heterocycles. The van der Waals surface area contributed by atoms with E-state index in [1.165, 1.54) is 27.1 Å². The summed E-state index contributed by atoms with van der Waals surface area (Å²) in [7, 11) is 0. The Morgan fingerprint density at radius 2 is 1.44 bits per heavy atom. The summed E-state index contributed by atoms with van der Waals surface area (Å²) in [5.41, 5.74) is 1.39. The molecular weight excluding hydrogens is 216 g/mol. The lowest BCUT2D eigenvalue weighted by Gasteiger charge is -2.05. The molecule has 0 nitrogen and oxygen atoms in total. The van der Waals surface area contributed by atoms with Crippen LogP contribution in [0.4, 0.5) is 0 Å². The van der Waals surface area contributed by atoms with Crippen molar-refractivity contribution in [3.63, 3.8) is 0 Å². The minimum Gasteiger partial charge on any atom is -0.103 e. The first-order valence-electron chi connectivity index (χ1n) is 6.39. The topological polar surface area (TPSA) is 0 Å². The molecule has 0 aliphatic rings. The van der Waals surface area contributed by atoms with Crippen molar-refractivity contribution in [3.8, 4) is 0 Å². The molecule has 0 fully saturated rings. The van der Waals surface area contributed by atoms with Gasteiger partial charge in [0.25, 0.3) is 0 Å². The molecule has 0 aliphatic carbocycles. The van der Waals surface area contributed by atoms with E-state index in [2.05, 4.69) is 61.2 Å². The Kier molecular flexibility index (Phi) is 2.85. The summed E-state index contributed by atoms with van der Waals surface area (Å²) in [6.45, 7) is 3.78. The third-order valence-electron chi connectivity index (χ3n) is 3.41. The lowest BCUT2D eigenvalue weighted by molar-refractivity contribution is 1.01. The molecule has 0 aliphatic heterocycles. The monoisotopic (exact) mass is 232 g/mol. The minimum absolute atomic E-state index is 1.04. The molecule has 0 spiro atoms. The number of rotatable bonds is 3. The van der Waals surface area contributed by atoms with Crippen molar-refractivity contribution < 1.29 is 0 Å². The van der Waals surface area contributed by atoms with Gasteiger partial charge in [-0.1, -0.05) is 48.5 Å². The minimum atomic E-state index is 1.04. The Bertz CT molecular complexity index is 707. The van der Waals surface area contributed by atoms with Crippen LogP contribution < -0.4 is 0 Å². The van der Waals surface area contributed by atoms with Crippen LogP contribution in [0.25, 0.3) is 21.5 Å². The molecule has 88 valence electrons. The van der Waals surface area contributed by atoms with Crippen molar-refractivity contribution in [1.29, 1.82) is 0 Å². The standard InChI is InChI=1S/C18H16/c1-2-3-6-14-9-10-17-12-15-7-4-5-8-16(15)13-18(17)11-14/h2,4-5,7-13H,1,3,6H2. The average molecular weight is 232 g/mol. The van der Waals surface area contributed by atoms with Gasteiger partial charge in [0, 0.05) is 0 Å².